The van der Waals surface area contributed by atoms with Crippen LogP contribution in [0.4, 0.5) is 5.69 Å². The first kappa shape index (κ1) is 10.0. The maximum atomic E-state index is 5.11. The van der Waals surface area contributed by atoms with Gasteiger partial charge in [-0.3, -0.25) is 0 Å². The lowest BCUT2D eigenvalue weighted by Crippen LogP contribution is -1.99. The van der Waals surface area contributed by atoms with Crippen molar-refractivity contribution in [2.75, 3.05) is 12.4 Å². The van der Waals surface area contributed by atoms with Crippen molar-refractivity contribution in [1.29, 1.82) is 0 Å². The van der Waals surface area contributed by atoms with E-state index in [0.29, 0.717) is 5.88 Å². The predicted molar refractivity (Wildman–Crippen MR) is 61.4 cm³/mol. The van der Waals surface area contributed by atoms with Crippen molar-refractivity contribution in [1.82, 2.24) is 8.94 Å². The molecule has 2 aromatic heterocycles. The highest BCUT2D eigenvalue weighted by molar-refractivity contribution is 7.04. The number of rotatable bonds is 4. The minimum Gasteiger partial charge on any atom is -0.479 e. The molecule has 4 nitrogen and oxygen atoms in total. The maximum absolute atomic E-state index is 5.11. The zero-order valence-electron chi connectivity index (χ0n) is 8.73. The van der Waals surface area contributed by atoms with Crippen molar-refractivity contribution in [3.05, 3.63) is 29.4 Å². The van der Waals surface area contributed by atoms with Crippen molar-refractivity contribution in [2.45, 2.75) is 6.54 Å². The second kappa shape index (κ2) is 4.35. The summed E-state index contributed by atoms with van der Waals surface area (Å²) in [5.74, 6) is 0.663. The van der Waals surface area contributed by atoms with Crippen LogP contribution >= 0.6 is 11.5 Å². The van der Waals surface area contributed by atoms with Gasteiger partial charge in [-0.1, -0.05) is 0 Å². The molecule has 0 unspecified atom stereocenters. The molecular weight excluding hydrogens is 210 g/mol. The van der Waals surface area contributed by atoms with Crippen LogP contribution in [0.25, 0.3) is 0 Å². The second-order valence-corrected chi connectivity index (χ2v) is 3.91. The number of ether oxygens (including phenoxy) is 1. The fourth-order valence-electron chi connectivity index (χ4n) is 1.35. The van der Waals surface area contributed by atoms with Gasteiger partial charge in [0.25, 0.3) is 0 Å². The van der Waals surface area contributed by atoms with Gasteiger partial charge in [-0.15, -0.1) is 0 Å². The van der Waals surface area contributed by atoms with Crippen molar-refractivity contribution in [2.24, 2.45) is 7.05 Å². The normalized spacial score (nSPS) is 10.3. The number of methoxy groups -OCH3 is 1. The second-order valence-electron chi connectivity index (χ2n) is 3.28. The summed E-state index contributed by atoms with van der Waals surface area (Å²) < 4.78 is 11.2. The molecule has 0 spiro atoms. The largest absolute Gasteiger partial charge is 0.479 e. The Morgan fingerprint density at radius 3 is 3.13 bits per heavy atom. The van der Waals surface area contributed by atoms with Crippen LogP contribution in [0.15, 0.2) is 23.8 Å². The zero-order chi connectivity index (χ0) is 10.7. The molecule has 15 heavy (non-hydrogen) atoms. The monoisotopic (exact) mass is 223 g/mol. The molecule has 0 amide bonds. The summed E-state index contributed by atoms with van der Waals surface area (Å²) in [4.78, 5) is 0. The summed E-state index contributed by atoms with van der Waals surface area (Å²) in [5.41, 5.74) is 2.19. The highest BCUT2D eigenvalue weighted by Gasteiger charge is 2.04. The van der Waals surface area contributed by atoms with E-state index in [9.17, 15) is 0 Å². The number of nitrogens with one attached hydrogen (secondary N) is 1. The molecule has 0 atom stereocenters. The lowest BCUT2D eigenvalue weighted by molar-refractivity contribution is 0.404. The van der Waals surface area contributed by atoms with E-state index in [1.165, 1.54) is 17.1 Å². The molecule has 2 rings (SSSR count). The smallest absolute Gasteiger partial charge is 0.248 e. The molecule has 0 aliphatic heterocycles. The Bertz CT molecular complexity index is 435. The SMILES string of the molecule is COc1nscc1NCc1ccn(C)c1. The van der Waals surface area contributed by atoms with Crippen molar-refractivity contribution in [3.63, 3.8) is 0 Å². The van der Waals surface area contributed by atoms with Crippen LogP contribution in [0.1, 0.15) is 5.56 Å². The van der Waals surface area contributed by atoms with Gasteiger partial charge < -0.3 is 14.6 Å². The van der Waals surface area contributed by atoms with Crippen LogP contribution < -0.4 is 10.1 Å². The van der Waals surface area contributed by atoms with Gasteiger partial charge in [-0.25, -0.2) is 0 Å². The number of nitrogens with zero attached hydrogens (tertiary/aromatic N) is 2. The lowest BCUT2D eigenvalue weighted by atomic mass is 10.3. The summed E-state index contributed by atoms with van der Waals surface area (Å²) in [7, 11) is 3.64. The summed E-state index contributed by atoms with van der Waals surface area (Å²) in [5, 5.41) is 5.23. The van der Waals surface area contributed by atoms with Gasteiger partial charge in [0, 0.05) is 31.4 Å². The third-order valence-electron chi connectivity index (χ3n) is 2.11. The first-order valence-electron chi connectivity index (χ1n) is 4.62. The lowest BCUT2D eigenvalue weighted by Gasteiger charge is -2.03. The fourth-order valence-corrected chi connectivity index (χ4v) is 1.96. The Morgan fingerprint density at radius 1 is 1.60 bits per heavy atom. The average molecular weight is 223 g/mol. The number of hydrogen-bond acceptors (Lipinski definition) is 4. The third kappa shape index (κ3) is 2.30. The molecule has 0 saturated heterocycles. The van der Waals surface area contributed by atoms with E-state index in [1.54, 1.807) is 7.11 Å². The van der Waals surface area contributed by atoms with Crippen LogP contribution in [-0.4, -0.2) is 16.1 Å². The van der Waals surface area contributed by atoms with Crippen LogP contribution in [-0.2, 0) is 13.6 Å². The Balaban J connectivity index is 1.98. The number of anilines is 1. The van der Waals surface area contributed by atoms with Gasteiger partial charge in [0.1, 0.15) is 5.69 Å². The van der Waals surface area contributed by atoms with Crippen LogP contribution in [0.5, 0.6) is 5.88 Å². The Morgan fingerprint density at radius 2 is 2.47 bits per heavy atom. The first-order valence-corrected chi connectivity index (χ1v) is 5.46. The van der Waals surface area contributed by atoms with E-state index in [1.807, 2.05) is 23.2 Å². The number of aromatic nitrogens is 2. The van der Waals surface area contributed by atoms with E-state index in [-0.39, 0.29) is 0 Å². The van der Waals surface area contributed by atoms with Gasteiger partial charge in [0.05, 0.1) is 7.11 Å². The van der Waals surface area contributed by atoms with E-state index < -0.39 is 0 Å². The van der Waals surface area contributed by atoms with Crippen LogP contribution in [0, 0.1) is 0 Å². The third-order valence-corrected chi connectivity index (χ3v) is 2.72. The molecular formula is C10H13N3OS. The summed E-state index contributed by atoms with van der Waals surface area (Å²) >= 11 is 1.39. The summed E-state index contributed by atoms with van der Waals surface area (Å²) in [6.45, 7) is 0.787. The van der Waals surface area contributed by atoms with Gasteiger partial charge in [-0.05, 0) is 23.2 Å². The fraction of sp³-hybridized carbons (Fsp3) is 0.300. The highest BCUT2D eigenvalue weighted by atomic mass is 32.1. The van der Waals surface area contributed by atoms with Gasteiger partial charge in [-0.2, -0.15) is 4.37 Å². The van der Waals surface area contributed by atoms with Crippen molar-refractivity contribution >= 4 is 17.2 Å². The van der Waals surface area contributed by atoms with Crippen molar-refractivity contribution in [3.8, 4) is 5.88 Å². The van der Waals surface area contributed by atoms with Gasteiger partial charge in [0.2, 0.25) is 5.88 Å². The highest BCUT2D eigenvalue weighted by Crippen LogP contribution is 2.24. The minimum absolute atomic E-state index is 0.663. The van der Waals surface area contributed by atoms with Gasteiger partial charge in [0.15, 0.2) is 0 Å². The zero-order valence-corrected chi connectivity index (χ0v) is 9.54. The summed E-state index contributed by atoms with van der Waals surface area (Å²) in [6, 6.07) is 2.08. The van der Waals surface area contributed by atoms with Crippen molar-refractivity contribution < 1.29 is 4.74 Å². The number of aryl methyl sites for hydroxylation is 1. The first-order chi connectivity index (χ1) is 7.29. The van der Waals surface area contributed by atoms with E-state index in [2.05, 4.69) is 22.0 Å². The quantitative estimate of drug-likeness (QED) is 0.862. The molecule has 0 radical (unpaired) electrons. The standard InChI is InChI=1S/C10H13N3OS/c1-13-4-3-8(6-13)5-11-9-7-15-12-10(9)14-2/h3-4,6-7,11H,5H2,1-2H3. The Hall–Kier alpha value is -1.49. The molecule has 0 aliphatic carbocycles. The molecule has 0 fully saturated rings. The van der Waals surface area contributed by atoms with E-state index in [0.717, 1.165) is 12.2 Å². The van der Waals surface area contributed by atoms with E-state index >= 15 is 0 Å². The molecule has 80 valence electrons. The molecule has 5 heteroatoms. The number of hydrogen-bond donors (Lipinski definition) is 1. The molecule has 0 saturated carbocycles. The van der Waals surface area contributed by atoms with Gasteiger partial charge >= 0.3 is 0 Å². The molecule has 0 aliphatic rings. The molecule has 2 heterocycles. The van der Waals surface area contributed by atoms with Crippen LogP contribution in [0.3, 0.4) is 0 Å². The average Bonchev–Trinajstić information content (AvgIpc) is 2.83. The van der Waals surface area contributed by atoms with E-state index in [4.69, 9.17) is 4.74 Å². The molecule has 0 bridgehead atoms. The van der Waals surface area contributed by atoms with Crippen LogP contribution in [0.2, 0.25) is 0 Å². The molecule has 0 aromatic carbocycles. The Kier molecular flexibility index (Phi) is 2.91. The Labute approximate surface area is 92.7 Å². The summed E-state index contributed by atoms with van der Waals surface area (Å²) in [6.07, 6.45) is 4.11. The predicted octanol–water partition coefficient (Wildman–Crippen LogP) is 2.10. The topological polar surface area (TPSA) is 39.1 Å². The maximum Gasteiger partial charge on any atom is 0.248 e. The minimum atomic E-state index is 0.663. The molecule has 2 aromatic rings. The molecule has 1 N–H and O–H groups in total.